The first-order valence-corrected chi connectivity index (χ1v) is 13.1. The second kappa shape index (κ2) is 9.32. The van der Waals surface area contributed by atoms with Crippen molar-refractivity contribution < 1.29 is 19.1 Å². The number of rotatable bonds is 4. The van der Waals surface area contributed by atoms with E-state index >= 15 is 0 Å². The fourth-order valence-corrected chi connectivity index (χ4v) is 6.00. The van der Waals surface area contributed by atoms with Gasteiger partial charge in [-0.3, -0.25) is 4.79 Å². The van der Waals surface area contributed by atoms with Gasteiger partial charge >= 0.3 is 5.97 Å². The molecule has 1 fully saturated rings. The molecule has 6 rings (SSSR count). The average Bonchev–Trinajstić information content (AvgIpc) is 3.12. The van der Waals surface area contributed by atoms with Gasteiger partial charge in [-0.1, -0.05) is 66.7 Å². The molecular formula is C30H25BrN2O4. The van der Waals surface area contributed by atoms with E-state index in [2.05, 4.69) is 15.9 Å². The van der Waals surface area contributed by atoms with E-state index in [1.807, 2.05) is 90.0 Å². The highest BCUT2D eigenvalue weighted by Crippen LogP contribution is 2.56. The third-order valence-electron chi connectivity index (χ3n) is 7.04. The molecule has 0 radical (unpaired) electrons. The van der Waals surface area contributed by atoms with E-state index in [0.717, 1.165) is 32.4 Å². The fraction of sp³-hybridized carbons (Fsp3) is 0.200. The summed E-state index contributed by atoms with van der Waals surface area (Å²) >= 11 is 3.69. The lowest BCUT2D eigenvalue weighted by Gasteiger charge is -2.47. The molecule has 37 heavy (non-hydrogen) atoms. The first-order valence-electron chi connectivity index (χ1n) is 12.3. The van der Waals surface area contributed by atoms with Crippen molar-refractivity contribution in [3.63, 3.8) is 0 Å². The van der Waals surface area contributed by atoms with Crippen molar-refractivity contribution in [2.45, 2.75) is 31.7 Å². The van der Waals surface area contributed by atoms with Gasteiger partial charge in [-0.05, 0) is 46.1 Å². The van der Waals surface area contributed by atoms with Crippen molar-refractivity contribution in [3.05, 3.63) is 117 Å². The van der Waals surface area contributed by atoms with Crippen LogP contribution in [0.5, 0.6) is 0 Å². The minimum Gasteiger partial charge on any atom is -0.463 e. The molecular weight excluding hydrogens is 532 g/mol. The number of carbonyl (C=O) groups is 2. The molecule has 1 amide bonds. The molecule has 0 unspecified atom stereocenters. The summed E-state index contributed by atoms with van der Waals surface area (Å²) in [7, 11) is 0. The largest absolute Gasteiger partial charge is 0.463 e. The summed E-state index contributed by atoms with van der Waals surface area (Å²) in [6.07, 6.45) is 5.01. The van der Waals surface area contributed by atoms with Crippen LogP contribution in [0.25, 0.3) is 6.08 Å². The minimum absolute atomic E-state index is 0.153. The number of amides is 1. The van der Waals surface area contributed by atoms with Gasteiger partial charge < -0.3 is 19.3 Å². The first kappa shape index (κ1) is 23.7. The molecule has 3 heterocycles. The number of carbonyl (C=O) groups excluding carboxylic acids is 2. The Kier molecular flexibility index (Phi) is 5.97. The highest BCUT2D eigenvalue weighted by atomic mass is 79.9. The van der Waals surface area contributed by atoms with Crippen LogP contribution >= 0.6 is 15.9 Å². The van der Waals surface area contributed by atoms with Gasteiger partial charge in [-0.2, -0.15) is 0 Å². The van der Waals surface area contributed by atoms with Gasteiger partial charge in [-0.25, -0.2) is 4.79 Å². The zero-order valence-electron chi connectivity index (χ0n) is 20.3. The van der Waals surface area contributed by atoms with E-state index in [1.165, 1.54) is 6.08 Å². The molecule has 0 saturated carbocycles. The third kappa shape index (κ3) is 3.90. The Bertz CT molecular complexity index is 1450. The highest BCUT2D eigenvalue weighted by molar-refractivity contribution is 9.10. The first-order chi connectivity index (χ1) is 18.0. The quantitative estimate of drug-likeness (QED) is 0.289. The molecule has 3 aromatic rings. The molecule has 0 aromatic heterocycles. The number of benzene rings is 3. The Morgan fingerprint density at radius 3 is 2.70 bits per heavy atom. The van der Waals surface area contributed by atoms with Crippen molar-refractivity contribution in [3.8, 4) is 0 Å². The molecule has 1 saturated heterocycles. The summed E-state index contributed by atoms with van der Waals surface area (Å²) < 4.78 is 12.9. The van der Waals surface area contributed by atoms with Crippen LogP contribution in [0, 0.1) is 0 Å². The molecule has 0 N–H and O–H groups in total. The van der Waals surface area contributed by atoms with Crippen molar-refractivity contribution >= 4 is 39.6 Å². The van der Waals surface area contributed by atoms with E-state index < -0.39 is 17.8 Å². The number of fused-ring (bicyclic) bond motifs is 5. The van der Waals surface area contributed by atoms with Crippen molar-refractivity contribution in [1.29, 1.82) is 0 Å². The topological polar surface area (TPSA) is 59.1 Å². The van der Waals surface area contributed by atoms with Crippen molar-refractivity contribution in [2.24, 2.45) is 0 Å². The Morgan fingerprint density at radius 1 is 1.11 bits per heavy atom. The van der Waals surface area contributed by atoms with Crippen LogP contribution in [0.1, 0.15) is 41.8 Å². The second-order valence-electron chi connectivity index (χ2n) is 9.23. The number of ether oxygens (including phenoxy) is 2. The van der Waals surface area contributed by atoms with Gasteiger partial charge in [0.25, 0.3) is 5.91 Å². The summed E-state index contributed by atoms with van der Waals surface area (Å²) in [5.41, 5.74) is 3.90. The molecule has 7 heteroatoms. The summed E-state index contributed by atoms with van der Waals surface area (Å²) in [4.78, 5) is 30.8. The Hall–Kier alpha value is -3.68. The third-order valence-corrected chi connectivity index (χ3v) is 7.68. The average molecular weight is 557 g/mol. The van der Waals surface area contributed by atoms with Crippen LogP contribution < -0.4 is 4.90 Å². The Balaban J connectivity index is 1.51. The Morgan fingerprint density at radius 2 is 1.89 bits per heavy atom. The van der Waals surface area contributed by atoms with Crippen LogP contribution in [0.4, 0.5) is 5.69 Å². The molecule has 0 aliphatic carbocycles. The Labute approximate surface area is 223 Å². The van der Waals surface area contributed by atoms with Gasteiger partial charge in [0.1, 0.15) is 0 Å². The van der Waals surface area contributed by atoms with Crippen LogP contribution in [-0.4, -0.2) is 23.4 Å². The maximum absolute atomic E-state index is 14.4. The molecule has 3 aliphatic heterocycles. The van der Waals surface area contributed by atoms with Gasteiger partial charge in [0, 0.05) is 40.0 Å². The predicted molar refractivity (Wildman–Crippen MR) is 144 cm³/mol. The van der Waals surface area contributed by atoms with Crippen LogP contribution in [0.15, 0.2) is 95.2 Å². The van der Waals surface area contributed by atoms with Gasteiger partial charge in [0.2, 0.25) is 0 Å². The molecule has 3 aromatic carbocycles. The molecule has 186 valence electrons. The number of hydrogen-bond donors (Lipinski definition) is 0. The minimum atomic E-state index is -1.30. The van der Waals surface area contributed by atoms with Gasteiger partial charge in [-0.15, -0.1) is 0 Å². The van der Waals surface area contributed by atoms with Crippen LogP contribution in [-0.2, 0) is 31.2 Å². The maximum atomic E-state index is 14.4. The number of nitrogens with zero attached hydrogens (tertiary/aromatic N) is 2. The second-order valence-corrected chi connectivity index (χ2v) is 10.1. The lowest BCUT2D eigenvalue weighted by Crippen LogP contribution is -2.50. The van der Waals surface area contributed by atoms with Crippen molar-refractivity contribution in [2.75, 3.05) is 11.5 Å². The standard InChI is InChI=1S/C30H25BrN2O4/c1-2-36-26(34)17-22-18-30(37-28-23-12-7-6-11-21(23)15-16-32(22)28)24-13-8-14-25(31)27(24)33(29(30)35)19-20-9-4-3-5-10-20/h3-17,28H,2,18-19H2,1H3/b22-17-/t28-,30-/m0/s1. The smallest absolute Gasteiger partial charge is 0.332 e. The predicted octanol–water partition coefficient (Wildman–Crippen LogP) is 6.04. The SMILES string of the molecule is CCOC(=O)/C=C1/C[C@@]2(O[C@H]3c4ccccc4C=CN13)C(=O)N(Cc1ccccc1)c1c(Br)cccc12. The monoisotopic (exact) mass is 556 g/mol. The molecule has 1 spiro atoms. The fourth-order valence-electron chi connectivity index (χ4n) is 5.42. The highest BCUT2D eigenvalue weighted by Gasteiger charge is 2.58. The van der Waals surface area contributed by atoms with E-state index in [4.69, 9.17) is 9.47 Å². The summed E-state index contributed by atoms with van der Waals surface area (Å²) in [5, 5.41) is 0. The summed E-state index contributed by atoms with van der Waals surface area (Å²) in [6, 6.07) is 23.7. The van der Waals surface area contributed by atoms with Crippen LogP contribution in [0.2, 0.25) is 0 Å². The summed E-state index contributed by atoms with van der Waals surface area (Å²) in [5.74, 6) is -0.596. The maximum Gasteiger partial charge on any atom is 0.332 e. The van der Waals surface area contributed by atoms with E-state index in [0.29, 0.717) is 12.2 Å². The number of halogens is 1. The normalized spacial score (nSPS) is 22.7. The van der Waals surface area contributed by atoms with E-state index in [-0.39, 0.29) is 18.9 Å². The van der Waals surface area contributed by atoms with E-state index in [9.17, 15) is 9.59 Å². The summed E-state index contributed by atoms with van der Waals surface area (Å²) in [6.45, 7) is 2.45. The number of para-hydroxylation sites is 1. The zero-order valence-corrected chi connectivity index (χ0v) is 21.9. The zero-order chi connectivity index (χ0) is 25.6. The lowest BCUT2D eigenvalue weighted by atomic mass is 9.86. The molecule has 6 nitrogen and oxygen atoms in total. The van der Waals surface area contributed by atoms with E-state index in [1.54, 1.807) is 11.8 Å². The van der Waals surface area contributed by atoms with Crippen LogP contribution in [0.3, 0.4) is 0 Å². The number of hydrogen-bond acceptors (Lipinski definition) is 5. The number of anilines is 1. The van der Waals surface area contributed by atoms with Crippen molar-refractivity contribution in [1.82, 2.24) is 4.90 Å². The molecule has 3 aliphatic rings. The lowest BCUT2D eigenvalue weighted by molar-refractivity contribution is -0.184. The van der Waals surface area contributed by atoms with Gasteiger partial charge in [0.15, 0.2) is 11.8 Å². The molecule has 2 atom stereocenters. The molecule has 0 bridgehead atoms. The number of esters is 1. The van der Waals surface area contributed by atoms with Gasteiger partial charge in [0.05, 0.1) is 18.8 Å².